The van der Waals surface area contributed by atoms with Gasteiger partial charge in [0.05, 0.1) is 5.92 Å². The molecule has 0 spiro atoms. The third-order valence-electron chi connectivity index (χ3n) is 5.73. The Bertz CT molecular complexity index is 422. The molecule has 2 bridgehead atoms. The summed E-state index contributed by atoms with van der Waals surface area (Å²) >= 11 is 0. The van der Waals surface area contributed by atoms with Gasteiger partial charge >= 0.3 is 0 Å². The van der Waals surface area contributed by atoms with Gasteiger partial charge in [-0.15, -0.1) is 13.2 Å². The van der Waals surface area contributed by atoms with Crippen LogP contribution in [0.4, 0.5) is 0 Å². The average Bonchev–Trinajstić information content (AvgIpc) is 3.08. The first-order chi connectivity index (χ1) is 11.0. The molecule has 4 nitrogen and oxygen atoms in total. The standard InChI is InChI=1S/C19H33N3O/c1-5-9-22(10-6-2)16(13(3)4)12-21-19(23)17-14-7-8-15(11-14)18(17)20/h5-6,13-18H,1-2,7-12,20H2,3-4H3,(H,21,23). The maximum Gasteiger partial charge on any atom is 0.225 e. The van der Waals surface area contributed by atoms with Gasteiger partial charge in [-0.3, -0.25) is 9.69 Å². The Morgan fingerprint density at radius 3 is 2.35 bits per heavy atom. The van der Waals surface area contributed by atoms with Crippen molar-refractivity contribution in [1.82, 2.24) is 10.2 Å². The highest BCUT2D eigenvalue weighted by atomic mass is 16.2. The minimum atomic E-state index is 0.0221. The molecule has 1 amide bonds. The van der Waals surface area contributed by atoms with E-state index in [4.69, 9.17) is 5.73 Å². The number of hydrogen-bond donors (Lipinski definition) is 2. The van der Waals surface area contributed by atoms with Crippen LogP contribution in [0.3, 0.4) is 0 Å². The number of carbonyl (C=O) groups is 1. The van der Waals surface area contributed by atoms with Gasteiger partial charge in [0, 0.05) is 31.7 Å². The zero-order chi connectivity index (χ0) is 17.0. The zero-order valence-corrected chi connectivity index (χ0v) is 14.7. The van der Waals surface area contributed by atoms with Crippen LogP contribution in [-0.2, 0) is 4.79 Å². The lowest BCUT2D eigenvalue weighted by Gasteiger charge is -2.34. The monoisotopic (exact) mass is 319 g/mol. The van der Waals surface area contributed by atoms with E-state index in [1.54, 1.807) is 0 Å². The van der Waals surface area contributed by atoms with Gasteiger partial charge in [-0.2, -0.15) is 0 Å². The van der Waals surface area contributed by atoms with Gasteiger partial charge in [-0.25, -0.2) is 0 Å². The summed E-state index contributed by atoms with van der Waals surface area (Å²) in [5.74, 6) is 1.70. The van der Waals surface area contributed by atoms with Gasteiger partial charge in [0.2, 0.25) is 5.91 Å². The summed E-state index contributed by atoms with van der Waals surface area (Å²) in [6, 6.07) is 0.341. The zero-order valence-electron chi connectivity index (χ0n) is 14.7. The van der Waals surface area contributed by atoms with Crippen LogP contribution < -0.4 is 11.1 Å². The Kier molecular flexibility index (Phi) is 6.42. The maximum atomic E-state index is 12.7. The SMILES string of the molecule is C=CCN(CC=C)C(CNC(=O)C1C2CCC(C2)C1N)C(C)C. The Morgan fingerprint density at radius 1 is 1.26 bits per heavy atom. The van der Waals surface area contributed by atoms with E-state index in [-0.39, 0.29) is 23.9 Å². The first-order valence-corrected chi connectivity index (χ1v) is 8.98. The average molecular weight is 319 g/mol. The first-order valence-electron chi connectivity index (χ1n) is 8.98. The molecule has 0 aromatic carbocycles. The molecule has 0 aromatic heterocycles. The smallest absolute Gasteiger partial charge is 0.225 e. The third kappa shape index (κ3) is 4.04. The largest absolute Gasteiger partial charge is 0.354 e. The maximum absolute atomic E-state index is 12.7. The van der Waals surface area contributed by atoms with Crippen LogP contribution in [0.5, 0.6) is 0 Å². The molecule has 5 atom stereocenters. The van der Waals surface area contributed by atoms with Crippen LogP contribution >= 0.6 is 0 Å². The van der Waals surface area contributed by atoms with E-state index in [1.165, 1.54) is 12.8 Å². The van der Waals surface area contributed by atoms with Crippen LogP contribution in [0.15, 0.2) is 25.3 Å². The molecule has 4 heteroatoms. The van der Waals surface area contributed by atoms with Crippen LogP contribution in [0.25, 0.3) is 0 Å². The molecule has 2 fully saturated rings. The van der Waals surface area contributed by atoms with Crippen molar-refractivity contribution in [2.24, 2.45) is 29.4 Å². The Morgan fingerprint density at radius 2 is 1.87 bits per heavy atom. The third-order valence-corrected chi connectivity index (χ3v) is 5.73. The van der Waals surface area contributed by atoms with Crippen LogP contribution in [0, 0.1) is 23.7 Å². The second-order valence-electron chi connectivity index (χ2n) is 7.52. The number of carbonyl (C=O) groups excluding carboxylic acids is 1. The van der Waals surface area contributed by atoms with E-state index in [1.807, 2.05) is 12.2 Å². The molecule has 2 aliphatic carbocycles. The summed E-state index contributed by atoms with van der Waals surface area (Å²) < 4.78 is 0. The lowest BCUT2D eigenvalue weighted by atomic mass is 9.84. The normalized spacial score (nSPS) is 30.7. The number of hydrogen-bond acceptors (Lipinski definition) is 3. The molecule has 130 valence electrons. The van der Waals surface area contributed by atoms with Gasteiger partial charge in [0.1, 0.15) is 0 Å². The van der Waals surface area contributed by atoms with Crippen LogP contribution in [-0.4, -0.2) is 42.5 Å². The number of fused-ring (bicyclic) bond motifs is 2. The van der Waals surface area contributed by atoms with Crippen molar-refractivity contribution in [2.75, 3.05) is 19.6 Å². The van der Waals surface area contributed by atoms with E-state index in [0.717, 1.165) is 19.5 Å². The van der Waals surface area contributed by atoms with Crippen molar-refractivity contribution in [3.05, 3.63) is 25.3 Å². The van der Waals surface area contributed by atoms with Gasteiger partial charge in [0.25, 0.3) is 0 Å². The molecule has 23 heavy (non-hydrogen) atoms. The number of nitrogens with two attached hydrogens (primary N) is 1. The van der Waals surface area contributed by atoms with E-state index >= 15 is 0 Å². The lowest BCUT2D eigenvalue weighted by Crippen LogP contribution is -2.51. The molecular weight excluding hydrogens is 286 g/mol. The number of nitrogens with zero attached hydrogens (tertiary/aromatic N) is 1. The topological polar surface area (TPSA) is 58.4 Å². The van der Waals surface area contributed by atoms with Crippen molar-refractivity contribution in [2.45, 2.75) is 45.2 Å². The highest BCUT2D eigenvalue weighted by Gasteiger charge is 2.49. The Labute approximate surface area is 141 Å². The number of amides is 1. The van der Waals surface area contributed by atoms with Gasteiger partial charge in [-0.1, -0.05) is 26.0 Å². The van der Waals surface area contributed by atoms with Crippen molar-refractivity contribution < 1.29 is 4.79 Å². The van der Waals surface area contributed by atoms with Crippen LogP contribution in [0.2, 0.25) is 0 Å². The highest BCUT2D eigenvalue weighted by molar-refractivity contribution is 5.80. The Hall–Kier alpha value is -1.13. The molecule has 0 saturated heterocycles. The lowest BCUT2D eigenvalue weighted by molar-refractivity contribution is -0.127. The summed E-state index contributed by atoms with van der Waals surface area (Å²) in [6.45, 7) is 14.3. The predicted molar refractivity (Wildman–Crippen MR) is 95.9 cm³/mol. The predicted octanol–water partition coefficient (Wildman–Crippen LogP) is 2.17. The fourth-order valence-corrected chi connectivity index (χ4v) is 4.51. The van der Waals surface area contributed by atoms with Crippen molar-refractivity contribution in [3.63, 3.8) is 0 Å². The molecule has 5 unspecified atom stereocenters. The number of rotatable bonds is 9. The van der Waals surface area contributed by atoms with E-state index < -0.39 is 0 Å². The van der Waals surface area contributed by atoms with E-state index in [0.29, 0.717) is 24.3 Å². The molecule has 3 N–H and O–H groups in total. The highest BCUT2D eigenvalue weighted by Crippen LogP contribution is 2.47. The summed E-state index contributed by atoms with van der Waals surface area (Å²) in [6.07, 6.45) is 7.34. The van der Waals surface area contributed by atoms with E-state index in [2.05, 4.69) is 37.2 Å². The quantitative estimate of drug-likeness (QED) is 0.640. The molecule has 2 rings (SSSR count). The van der Waals surface area contributed by atoms with Crippen LogP contribution in [0.1, 0.15) is 33.1 Å². The molecule has 2 aliphatic rings. The second-order valence-corrected chi connectivity index (χ2v) is 7.52. The second kappa shape index (κ2) is 8.11. The van der Waals surface area contributed by atoms with E-state index in [9.17, 15) is 4.79 Å². The molecule has 2 saturated carbocycles. The molecule has 0 aliphatic heterocycles. The molecular formula is C19H33N3O. The van der Waals surface area contributed by atoms with Crippen molar-refractivity contribution >= 4 is 5.91 Å². The molecule has 0 aromatic rings. The first kappa shape index (κ1) is 18.2. The number of nitrogens with one attached hydrogen (secondary N) is 1. The molecule has 0 radical (unpaired) electrons. The van der Waals surface area contributed by atoms with Crippen molar-refractivity contribution in [1.29, 1.82) is 0 Å². The fraction of sp³-hybridized carbons (Fsp3) is 0.737. The summed E-state index contributed by atoms with van der Waals surface area (Å²) in [5.41, 5.74) is 6.29. The van der Waals surface area contributed by atoms with Gasteiger partial charge in [0.15, 0.2) is 0 Å². The minimum absolute atomic E-state index is 0.0221. The molecule has 0 heterocycles. The van der Waals surface area contributed by atoms with Crippen molar-refractivity contribution in [3.8, 4) is 0 Å². The fourth-order valence-electron chi connectivity index (χ4n) is 4.51. The summed E-state index contributed by atoms with van der Waals surface area (Å²) in [4.78, 5) is 15.0. The summed E-state index contributed by atoms with van der Waals surface area (Å²) in [7, 11) is 0. The van der Waals surface area contributed by atoms with Gasteiger partial charge < -0.3 is 11.1 Å². The Balaban J connectivity index is 1.94. The summed E-state index contributed by atoms with van der Waals surface area (Å²) in [5, 5.41) is 3.19. The van der Waals surface area contributed by atoms with Gasteiger partial charge in [-0.05, 0) is 37.0 Å². The minimum Gasteiger partial charge on any atom is -0.354 e.